The minimum Gasteiger partial charge on any atom is -0.497 e. The maximum Gasteiger partial charge on any atom is 0.310 e. The highest BCUT2D eigenvalue weighted by Crippen LogP contribution is 2.26. The molecule has 128 valence electrons. The lowest BCUT2D eigenvalue weighted by molar-refractivity contribution is -0.141. The van der Waals surface area contributed by atoms with Gasteiger partial charge in [0.05, 0.1) is 19.8 Å². The molecule has 0 bridgehead atoms. The monoisotopic (exact) mass is 358 g/mol. The second kappa shape index (κ2) is 7.40. The zero-order valence-corrected chi connectivity index (χ0v) is 14.2. The quantitative estimate of drug-likeness (QED) is 0.491. The van der Waals surface area contributed by atoms with Crippen molar-refractivity contribution in [2.45, 2.75) is 6.42 Å². The van der Waals surface area contributed by atoms with Crippen molar-refractivity contribution in [3.63, 3.8) is 0 Å². The molecule has 0 fully saturated rings. The number of fused-ring (bicyclic) bond motifs is 1. The first-order valence-electron chi connectivity index (χ1n) is 7.55. The normalized spacial score (nSPS) is 10.6. The van der Waals surface area contributed by atoms with Crippen molar-refractivity contribution in [1.82, 2.24) is 0 Å². The molecule has 0 saturated heterocycles. The van der Waals surface area contributed by atoms with Crippen molar-refractivity contribution in [3.8, 4) is 5.75 Å². The predicted molar refractivity (Wildman–Crippen MR) is 93.2 cm³/mol. The van der Waals surface area contributed by atoms with Gasteiger partial charge in [-0.05, 0) is 36.4 Å². The number of esters is 1. The SMILES string of the molecule is COc1ccc2c(CC(=O)OCC(=O)c3ccc(Cl)cc3)coc2c1. The fourth-order valence-corrected chi connectivity index (χ4v) is 2.53. The number of methoxy groups -OCH3 is 1. The third-order valence-corrected chi connectivity index (χ3v) is 3.98. The first kappa shape index (κ1) is 17.0. The van der Waals surface area contributed by atoms with E-state index in [0.29, 0.717) is 27.5 Å². The van der Waals surface area contributed by atoms with Crippen LogP contribution in [0, 0.1) is 0 Å². The van der Waals surface area contributed by atoms with Crippen LogP contribution in [0.25, 0.3) is 11.0 Å². The van der Waals surface area contributed by atoms with E-state index in [4.69, 9.17) is 25.5 Å². The van der Waals surface area contributed by atoms with Crippen molar-refractivity contribution in [3.05, 3.63) is 64.9 Å². The molecule has 3 aromatic rings. The summed E-state index contributed by atoms with van der Waals surface area (Å²) in [5, 5.41) is 1.35. The molecule has 5 nitrogen and oxygen atoms in total. The van der Waals surface area contributed by atoms with Crippen LogP contribution in [0.5, 0.6) is 5.75 Å². The minimum atomic E-state index is -0.499. The van der Waals surface area contributed by atoms with Gasteiger partial charge >= 0.3 is 5.97 Å². The number of carbonyl (C=O) groups excluding carboxylic acids is 2. The average Bonchev–Trinajstić information content (AvgIpc) is 3.02. The van der Waals surface area contributed by atoms with E-state index in [9.17, 15) is 9.59 Å². The molecule has 6 heteroatoms. The van der Waals surface area contributed by atoms with Crippen LogP contribution < -0.4 is 4.74 Å². The highest BCUT2D eigenvalue weighted by atomic mass is 35.5. The lowest BCUT2D eigenvalue weighted by atomic mass is 10.1. The number of hydrogen-bond donors (Lipinski definition) is 0. The molecular weight excluding hydrogens is 344 g/mol. The van der Waals surface area contributed by atoms with Gasteiger partial charge in [0.1, 0.15) is 11.3 Å². The molecule has 0 amide bonds. The summed E-state index contributed by atoms with van der Waals surface area (Å²) in [6.45, 7) is -0.315. The third-order valence-electron chi connectivity index (χ3n) is 3.73. The Hall–Kier alpha value is -2.79. The number of carbonyl (C=O) groups is 2. The Balaban J connectivity index is 1.61. The largest absolute Gasteiger partial charge is 0.497 e. The van der Waals surface area contributed by atoms with E-state index in [-0.39, 0.29) is 18.8 Å². The van der Waals surface area contributed by atoms with E-state index in [1.54, 1.807) is 43.5 Å². The van der Waals surface area contributed by atoms with Gasteiger partial charge in [-0.3, -0.25) is 9.59 Å². The molecule has 0 radical (unpaired) electrons. The summed E-state index contributed by atoms with van der Waals surface area (Å²) in [6, 6.07) is 11.8. The van der Waals surface area contributed by atoms with E-state index in [2.05, 4.69) is 0 Å². The molecule has 0 N–H and O–H groups in total. The molecule has 1 aromatic heterocycles. The highest BCUT2D eigenvalue weighted by molar-refractivity contribution is 6.30. The van der Waals surface area contributed by atoms with Gasteiger partial charge in [0, 0.05) is 27.6 Å². The number of Topliss-reactive ketones (excluding diaryl/α,β-unsaturated/α-hetero) is 1. The summed E-state index contributed by atoms with van der Waals surface area (Å²) >= 11 is 5.78. The molecule has 0 saturated carbocycles. The Morgan fingerprint density at radius 1 is 1.12 bits per heavy atom. The number of ketones is 1. The maximum absolute atomic E-state index is 12.0. The molecule has 1 heterocycles. The summed E-state index contributed by atoms with van der Waals surface area (Å²) in [6.07, 6.45) is 1.53. The first-order chi connectivity index (χ1) is 12.1. The first-order valence-corrected chi connectivity index (χ1v) is 7.93. The van der Waals surface area contributed by atoms with Gasteiger partial charge in [-0.15, -0.1) is 0 Å². The molecule has 0 unspecified atom stereocenters. The Bertz CT molecular complexity index is 911. The van der Waals surface area contributed by atoms with Crippen LogP contribution in [0.4, 0.5) is 0 Å². The van der Waals surface area contributed by atoms with Gasteiger partial charge in [0.15, 0.2) is 12.4 Å². The van der Waals surface area contributed by atoms with Crippen molar-refractivity contribution in [1.29, 1.82) is 0 Å². The van der Waals surface area contributed by atoms with Gasteiger partial charge in [-0.2, -0.15) is 0 Å². The standard InChI is InChI=1S/C19H15ClO5/c1-23-15-6-7-16-13(10-24-18(16)9-15)8-19(22)25-11-17(21)12-2-4-14(20)5-3-12/h2-7,9-10H,8,11H2,1H3. The van der Waals surface area contributed by atoms with Crippen LogP contribution in [0.15, 0.2) is 53.1 Å². The van der Waals surface area contributed by atoms with Crippen LogP contribution in [0.1, 0.15) is 15.9 Å². The molecule has 0 aliphatic heterocycles. The average molecular weight is 359 g/mol. The van der Waals surface area contributed by atoms with Crippen molar-refractivity contribution < 1.29 is 23.5 Å². The Labute approximate surface area is 149 Å². The van der Waals surface area contributed by atoms with Crippen molar-refractivity contribution in [2.24, 2.45) is 0 Å². The Morgan fingerprint density at radius 3 is 2.60 bits per heavy atom. The smallest absolute Gasteiger partial charge is 0.310 e. The van der Waals surface area contributed by atoms with Gasteiger partial charge in [0.25, 0.3) is 0 Å². The van der Waals surface area contributed by atoms with Crippen LogP contribution >= 0.6 is 11.6 Å². The summed E-state index contributed by atoms with van der Waals surface area (Å²) < 4.78 is 15.6. The van der Waals surface area contributed by atoms with E-state index >= 15 is 0 Å². The molecule has 3 rings (SSSR count). The van der Waals surface area contributed by atoms with Crippen LogP contribution in [-0.4, -0.2) is 25.5 Å². The zero-order chi connectivity index (χ0) is 17.8. The highest BCUT2D eigenvalue weighted by Gasteiger charge is 2.14. The number of furan rings is 1. The Kier molecular flexibility index (Phi) is 5.05. The van der Waals surface area contributed by atoms with Gasteiger partial charge in [0.2, 0.25) is 0 Å². The van der Waals surface area contributed by atoms with Gasteiger partial charge in [-0.1, -0.05) is 11.6 Å². The fraction of sp³-hybridized carbons (Fsp3) is 0.158. The Morgan fingerprint density at radius 2 is 1.88 bits per heavy atom. The molecule has 0 spiro atoms. The number of rotatable bonds is 6. The topological polar surface area (TPSA) is 65.7 Å². The number of benzene rings is 2. The molecular formula is C19H15ClO5. The van der Waals surface area contributed by atoms with Crippen LogP contribution in [-0.2, 0) is 16.0 Å². The number of halogens is 1. The van der Waals surface area contributed by atoms with Gasteiger partial charge in [-0.25, -0.2) is 0 Å². The second-order valence-corrected chi connectivity index (χ2v) is 5.83. The molecule has 0 aliphatic carbocycles. The van der Waals surface area contributed by atoms with Gasteiger partial charge < -0.3 is 13.9 Å². The van der Waals surface area contributed by atoms with E-state index < -0.39 is 5.97 Å². The maximum atomic E-state index is 12.0. The summed E-state index contributed by atoms with van der Waals surface area (Å²) in [7, 11) is 1.57. The van der Waals surface area contributed by atoms with E-state index in [1.165, 1.54) is 6.26 Å². The summed E-state index contributed by atoms with van der Waals surface area (Å²) in [5.74, 6) is -0.114. The fourth-order valence-electron chi connectivity index (χ4n) is 2.40. The number of ether oxygens (including phenoxy) is 2. The molecule has 0 atom stereocenters. The predicted octanol–water partition coefficient (Wildman–Crippen LogP) is 4.06. The molecule has 2 aromatic carbocycles. The number of hydrogen-bond acceptors (Lipinski definition) is 5. The van der Waals surface area contributed by atoms with Crippen LogP contribution in [0.2, 0.25) is 5.02 Å². The third kappa shape index (κ3) is 4.00. The lowest BCUT2D eigenvalue weighted by Crippen LogP contribution is -2.15. The lowest BCUT2D eigenvalue weighted by Gasteiger charge is -2.04. The molecule has 25 heavy (non-hydrogen) atoms. The van der Waals surface area contributed by atoms with Crippen molar-refractivity contribution in [2.75, 3.05) is 13.7 Å². The second-order valence-electron chi connectivity index (χ2n) is 5.39. The minimum absolute atomic E-state index is 0.0211. The summed E-state index contributed by atoms with van der Waals surface area (Å²) in [4.78, 5) is 24.0. The summed E-state index contributed by atoms with van der Waals surface area (Å²) in [5.41, 5.74) is 1.76. The van der Waals surface area contributed by atoms with Crippen molar-refractivity contribution >= 4 is 34.3 Å². The molecule has 0 aliphatic rings. The zero-order valence-electron chi connectivity index (χ0n) is 13.5. The van der Waals surface area contributed by atoms with Crippen LogP contribution in [0.3, 0.4) is 0 Å². The van der Waals surface area contributed by atoms with E-state index in [0.717, 1.165) is 5.39 Å². The van der Waals surface area contributed by atoms with E-state index in [1.807, 2.05) is 6.07 Å².